The van der Waals surface area contributed by atoms with E-state index in [1.165, 1.54) is 6.21 Å². The summed E-state index contributed by atoms with van der Waals surface area (Å²) in [6.45, 7) is 1.02. The molecule has 0 saturated carbocycles. The van der Waals surface area contributed by atoms with Gasteiger partial charge in [-0.05, 0) is 36.4 Å². The van der Waals surface area contributed by atoms with Gasteiger partial charge < -0.3 is 9.47 Å². The van der Waals surface area contributed by atoms with E-state index in [4.69, 9.17) is 21.1 Å². The molecule has 1 aliphatic rings. The molecule has 8 heteroatoms. The lowest BCUT2D eigenvalue weighted by Gasteiger charge is -2.18. The molecular formula is C19H13BrClN3O3. The van der Waals surface area contributed by atoms with Gasteiger partial charge in [-0.25, -0.2) is 10.4 Å². The molecule has 0 saturated heterocycles. The summed E-state index contributed by atoms with van der Waals surface area (Å²) in [5, 5.41) is 5.09. The zero-order valence-corrected chi connectivity index (χ0v) is 16.3. The van der Waals surface area contributed by atoms with Crippen LogP contribution in [0.1, 0.15) is 15.9 Å². The molecule has 6 nitrogen and oxygen atoms in total. The summed E-state index contributed by atoms with van der Waals surface area (Å²) in [6.07, 6.45) is 1.46. The second-order valence-corrected chi connectivity index (χ2v) is 7.04. The number of amides is 1. The summed E-state index contributed by atoms with van der Waals surface area (Å²) in [4.78, 5) is 16.5. The minimum Gasteiger partial charge on any atom is -0.486 e. The quantitative estimate of drug-likeness (QED) is 0.372. The smallest absolute Gasteiger partial charge is 0.271 e. The zero-order valence-electron chi connectivity index (χ0n) is 13.9. The van der Waals surface area contributed by atoms with Crippen LogP contribution in [0.3, 0.4) is 0 Å². The van der Waals surface area contributed by atoms with Gasteiger partial charge in [0.05, 0.1) is 11.7 Å². The van der Waals surface area contributed by atoms with Gasteiger partial charge in [-0.1, -0.05) is 27.5 Å². The fourth-order valence-electron chi connectivity index (χ4n) is 2.62. The number of carbonyl (C=O) groups is 1. The molecule has 27 heavy (non-hydrogen) atoms. The van der Waals surface area contributed by atoms with E-state index in [0.29, 0.717) is 41.4 Å². The molecule has 1 amide bonds. The highest BCUT2D eigenvalue weighted by molar-refractivity contribution is 9.10. The van der Waals surface area contributed by atoms with E-state index in [1.54, 1.807) is 30.3 Å². The van der Waals surface area contributed by atoms with E-state index in [0.717, 1.165) is 9.86 Å². The van der Waals surface area contributed by atoms with Gasteiger partial charge in [0.25, 0.3) is 5.91 Å². The average Bonchev–Trinajstić information content (AvgIpc) is 2.67. The van der Waals surface area contributed by atoms with Gasteiger partial charge in [0.15, 0.2) is 11.5 Å². The van der Waals surface area contributed by atoms with Crippen LogP contribution >= 0.6 is 27.5 Å². The highest BCUT2D eigenvalue weighted by atomic mass is 79.9. The summed E-state index contributed by atoms with van der Waals surface area (Å²) in [6, 6.07) is 12.5. The molecule has 3 aromatic rings. The Morgan fingerprint density at radius 1 is 1.15 bits per heavy atom. The van der Waals surface area contributed by atoms with Crippen molar-refractivity contribution < 1.29 is 14.3 Å². The Bertz CT molecular complexity index is 1050. The number of benzene rings is 2. The normalized spacial score (nSPS) is 13.1. The van der Waals surface area contributed by atoms with E-state index in [-0.39, 0.29) is 11.1 Å². The maximum atomic E-state index is 12.1. The van der Waals surface area contributed by atoms with Crippen LogP contribution in [0.2, 0.25) is 5.15 Å². The lowest BCUT2D eigenvalue weighted by atomic mass is 10.1. The van der Waals surface area contributed by atoms with Gasteiger partial charge in [0.2, 0.25) is 0 Å². The molecular weight excluding hydrogens is 434 g/mol. The van der Waals surface area contributed by atoms with Crippen LogP contribution < -0.4 is 14.9 Å². The molecule has 0 bridgehead atoms. The first kappa shape index (κ1) is 17.8. The Morgan fingerprint density at radius 2 is 1.85 bits per heavy atom. The largest absolute Gasteiger partial charge is 0.486 e. The Hall–Kier alpha value is -2.64. The lowest BCUT2D eigenvalue weighted by molar-refractivity contribution is 0.0955. The van der Waals surface area contributed by atoms with E-state index < -0.39 is 0 Å². The van der Waals surface area contributed by atoms with Crippen LogP contribution in [0, 0.1) is 0 Å². The van der Waals surface area contributed by atoms with E-state index in [1.807, 2.05) is 12.1 Å². The minimum atomic E-state index is -0.316. The summed E-state index contributed by atoms with van der Waals surface area (Å²) in [5.74, 6) is 1.01. The lowest BCUT2D eigenvalue weighted by Crippen LogP contribution is -2.17. The van der Waals surface area contributed by atoms with E-state index >= 15 is 0 Å². The molecule has 1 aliphatic heterocycles. The average molecular weight is 447 g/mol. The summed E-state index contributed by atoms with van der Waals surface area (Å²) in [5.41, 5.74) is 4.25. The molecule has 4 rings (SSSR count). The molecule has 2 heterocycles. The van der Waals surface area contributed by atoms with Gasteiger partial charge in [0.1, 0.15) is 18.4 Å². The Morgan fingerprint density at radius 3 is 2.59 bits per heavy atom. The second kappa shape index (κ2) is 7.54. The van der Waals surface area contributed by atoms with Crippen molar-refractivity contribution in [2.45, 2.75) is 0 Å². The predicted octanol–water partition coefficient (Wildman–Crippen LogP) is 4.19. The molecule has 2 aromatic carbocycles. The number of hydrogen-bond donors (Lipinski definition) is 1. The number of rotatable bonds is 3. The minimum absolute atomic E-state index is 0.279. The third kappa shape index (κ3) is 3.89. The van der Waals surface area contributed by atoms with Crippen LogP contribution in [0.15, 0.2) is 52.0 Å². The fraction of sp³-hybridized carbons (Fsp3) is 0.105. The number of ether oxygens (including phenoxy) is 2. The molecule has 1 N–H and O–H groups in total. The number of carbonyl (C=O) groups excluding carboxylic acids is 1. The number of nitrogens with zero attached hydrogens (tertiary/aromatic N) is 2. The van der Waals surface area contributed by atoms with Gasteiger partial charge in [-0.2, -0.15) is 5.10 Å². The molecule has 1 aromatic heterocycles. The van der Waals surface area contributed by atoms with Crippen LogP contribution in [0.4, 0.5) is 0 Å². The summed E-state index contributed by atoms with van der Waals surface area (Å²) >= 11 is 9.57. The van der Waals surface area contributed by atoms with Gasteiger partial charge >= 0.3 is 0 Å². The Kier molecular flexibility index (Phi) is 4.96. The fourth-order valence-corrected chi connectivity index (χ4v) is 3.08. The van der Waals surface area contributed by atoms with Crippen molar-refractivity contribution >= 4 is 50.6 Å². The first-order valence-corrected chi connectivity index (χ1v) is 9.26. The third-order valence-electron chi connectivity index (χ3n) is 3.94. The molecule has 0 atom stereocenters. The predicted molar refractivity (Wildman–Crippen MR) is 107 cm³/mol. The molecule has 0 fully saturated rings. The standard InChI is InChI=1S/C19H13BrClN3O3/c20-14-3-1-11(2-4-14)19(25)24-22-10-13-7-12-8-16-17(27-6-5-26-16)9-15(12)23-18(13)21/h1-4,7-10H,5-6H2,(H,24,25). The SMILES string of the molecule is O=C(NN=Cc1cc2cc3c(cc2nc1Cl)OCCO3)c1ccc(Br)cc1. The maximum Gasteiger partial charge on any atom is 0.271 e. The maximum absolute atomic E-state index is 12.1. The van der Waals surface area contributed by atoms with Crippen molar-refractivity contribution in [1.82, 2.24) is 10.4 Å². The molecule has 0 radical (unpaired) electrons. The second-order valence-electron chi connectivity index (χ2n) is 5.76. The van der Waals surface area contributed by atoms with Crippen molar-refractivity contribution in [3.05, 3.63) is 63.2 Å². The number of fused-ring (bicyclic) bond motifs is 2. The van der Waals surface area contributed by atoms with Gasteiger partial charge in [0, 0.05) is 27.1 Å². The van der Waals surface area contributed by atoms with E-state index in [9.17, 15) is 4.79 Å². The van der Waals surface area contributed by atoms with Crippen LogP contribution in [-0.4, -0.2) is 30.3 Å². The first-order valence-electron chi connectivity index (χ1n) is 8.09. The number of pyridine rings is 1. The zero-order chi connectivity index (χ0) is 18.8. The molecule has 0 aliphatic carbocycles. The van der Waals surface area contributed by atoms with Crippen molar-refractivity contribution in [3.63, 3.8) is 0 Å². The van der Waals surface area contributed by atoms with Crippen molar-refractivity contribution in [3.8, 4) is 11.5 Å². The molecule has 136 valence electrons. The summed E-state index contributed by atoms with van der Waals surface area (Å²) in [7, 11) is 0. The third-order valence-corrected chi connectivity index (χ3v) is 4.77. The Balaban J connectivity index is 1.55. The topological polar surface area (TPSA) is 72.8 Å². The van der Waals surface area contributed by atoms with Crippen LogP contribution in [-0.2, 0) is 0 Å². The number of halogens is 2. The van der Waals surface area contributed by atoms with Crippen LogP contribution in [0.5, 0.6) is 11.5 Å². The number of aromatic nitrogens is 1. The number of nitrogens with one attached hydrogen (secondary N) is 1. The number of hydrogen-bond acceptors (Lipinski definition) is 5. The Labute approximate surface area is 168 Å². The monoisotopic (exact) mass is 445 g/mol. The highest BCUT2D eigenvalue weighted by Gasteiger charge is 2.14. The van der Waals surface area contributed by atoms with E-state index in [2.05, 4.69) is 31.4 Å². The first-order chi connectivity index (χ1) is 13.1. The molecule has 0 unspecified atom stereocenters. The summed E-state index contributed by atoms with van der Waals surface area (Å²) < 4.78 is 12.0. The van der Waals surface area contributed by atoms with Crippen molar-refractivity contribution in [2.24, 2.45) is 5.10 Å². The van der Waals surface area contributed by atoms with Gasteiger partial charge in [-0.3, -0.25) is 4.79 Å². The van der Waals surface area contributed by atoms with Crippen LogP contribution in [0.25, 0.3) is 10.9 Å². The van der Waals surface area contributed by atoms with Gasteiger partial charge in [-0.15, -0.1) is 0 Å². The van der Waals surface area contributed by atoms with Crippen molar-refractivity contribution in [2.75, 3.05) is 13.2 Å². The van der Waals surface area contributed by atoms with Crippen molar-refractivity contribution in [1.29, 1.82) is 0 Å². The molecule has 0 spiro atoms. The number of hydrazone groups is 1. The highest BCUT2D eigenvalue weighted by Crippen LogP contribution is 2.34.